The minimum Gasteiger partial charge on any atom is -0.381 e. The van der Waals surface area contributed by atoms with Gasteiger partial charge in [0, 0.05) is 25.0 Å². The molecule has 1 aliphatic heterocycles. The maximum absolute atomic E-state index is 12.0. The Bertz CT molecular complexity index is 244. The lowest BCUT2D eigenvalue weighted by Crippen LogP contribution is -2.39. The van der Waals surface area contributed by atoms with Crippen molar-refractivity contribution in [2.24, 2.45) is 23.5 Å². The zero-order valence-corrected chi connectivity index (χ0v) is 11.9. The SMILES string of the molecule is CC(C)CC(CN)CC(=O)NC(C)C1CCOC1. The molecule has 0 radical (unpaired) electrons. The van der Waals surface area contributed by atoms with Crippen LogP contribution in [0.4, 0.5) is 0 Å². The fourth-order valence-corrected chi connectivity index (χ4v) is 2.57. The van der Waals surface area contributed by atoms with E-state index in [0.717, 1.165) is 26.1 Å². The predicted octanol–water partition coefficient (Wildman–Crippen LogP) is 1.54. The maximum atomic E-state index is 12.0. The molecule has 18 heavy (non-hydrogen) atoms. The molecule has 1 rings (SSSR count). The molecule has 3 atom stereocenters. The molecule has 0 aromatic rings. The second-order valence-corrected chi connectivity index (χ2v) is 5.92. The van der Waals surface area contributed by atoms with Gasteiger partial charge in [-0.1, -0.05) is 13.8 Å². The topological polar surface area (TPSA) is 64.4 Å². The van der Waals surface area contributed by atoms with Crippen LogP contribution in [0.25, 0.3) is 0 Å². The molecule has 0 aliphatic carbocycles. The third kappa shape index (κ3) is 5.36. The Hall–Kier alpha value is -0.610. The van der Waals surface area contributed by atoms with Crippen LogP contribution in [0.5, 0.6) is 0 Å². The first-order chi connectivity index (χ1) is 8.52. The van der Waals surface area contributed by atoms with Crippen molar-refractivity contribution in [3.8, 4) is 0 Å². The van der Waals surface area contributed by atoms with Crippen LogP contribution < -0.4 is 11.1 Å². The number of rotatable bonds is 7. The Balaban J connectivity index is 2.30. The van der Waals surface area contributed by atoms with Gasteiger partial charge in [-0.2, -0.15) is 0 Å². The van der Waals surface area contributed by atoms with Gasteiger partial charge in [-0.15, -0.1) is 0 Å². The zero-order valence-electron chi connectivity index (χ0n) is 11.9. The largest absolute Gasteiger partial charge is 0.381 e. The zero-order chi connectivity index (χ0) is 13.5. The molecular weight excluding hydrogens is 228 g/mol. The van der Waals surface area contributed by atoms with Crippen LogP contribution in [0.2, 0.25) is 0 Å². The normalized spacial score (nSPS) is 23.1. The number of amides is 1. The highest BCUT2D eigenvalue weighted by Gasteiger charge is 2.24. The Labute approximate surface area is 111 Å². The molecule has 0 spiro atoms. The summed E-state index contributed by atoms with van der Waals surface area (Å²) < 4.78 is 5.34. The summed E-state index contributed by atoms with van der Waals surface area (Å²) in [5, 5.41) is 3.09. The lowest BCUT2D eigenvalue weighted by molar-refractivity contribution is -0.123. The molecule has 1 heterocycles. The van der Waals surface area contributed by atoms with Gasteiger partial charge in [-0.25, -0.2) is 0 Å². The first-order valence-electron chi connectivity index (χ1n) is 7.10. The molecule has 0 saturated carbocycles. The number of carbonyl (C=O) groups excluding carboxylic acids is 1. The van der Waals surface area contributed by atoms with Crippen molar-refractivity contribution in [3.05, 3.63) is 0 Å². The highest BCUT2D eigenvalue weighted by molar-refractivity contribution is 5.76. The van der Waals surface area contributed by atoms with Crippen LogP contribution in [0.15, 0.2) is 0 Å². The minimum atomic E-state index is 0.130. The van der Waals surface area contributed by atoms with Gasteiger partial charge in [-0.3, -0.25) is 4.79 Å². The summed E-state index contributed by atoms with van der Waals surface area (Å²) in [5.74, 6) is 1.49. The molecule has 4 nitrogen and oxygen atoms in total. The number of nitrogens with two attached hydrogens (primary N) is 1. The Morgan fingerprint density at radius 2 is 2.17 bits per heavy atom. The van der Waals surface area contributed by atoms with Gasteiger partial charge in [0.1, 0.15) is 0 Å². The lowest BCUT2D eigenvalue weighted by Gasteiger charge is -2.22. The van der Waals surface area contributed by atoms with E-state index < -0.39 is 0 Å². The summed E-state index contributed by atoms with van der Waals surface area (Å²) in [6.07, 6.45) is 2.62. The molecular formula is C14H28N2O2. The Morgan fingerprint density at radius 1 is 1.44 bits per heavy atom. The lowest BCUT2D eigenvalue weighted by atomic mass is 9.93. The van der Waals surface area contributed by atoms with Gasteiger partial charge in [0.2, 0.25) is 5.91 Å². The molecule has 3 N–H and O–H groups in total. The average Bonchev–Trinajstić information content (AvgIpc) is 2.80. The third-order valence-electron chi connectivity index (χ3n) is 3.67. The van der Waals surface area contributed by atoms with E-state index in [1.54, 1.807) is 0 Å². The maximum Gasteiger partial charge on any atom is 0.220 e. The van der Waals surface area contributed by atoms with E-state index in [-0.39, 0.29) is 11.9 Å². The second-order valence-electron chi connectivity index (χ2n) is 5.92. The van der Waals surface area contributed by atoms with Crippen LogP contribution in [0.3, 0.4) is 0 Å². The van der Waals surface area contributed by atoms with Gasteiger partial charge in [0.05, 0.1) is 6.61 Å². The number of hydrogen-bond acceptors (Lipinski definition) is 3. The Kier molecular flexibility index (Phi) is 6.65. The smallest absolute Gasteiger partial charge is 0.220 e. The quantitative estimate of drug-likeness (QED) is 0.726. The van der Waals surface area contributed by atoms with E-state index >= 15 is 0 Å². The molecule has 0 aromatic carbocycles. The molecule has 3 unspecified atom stereocenters. The minimum absolute atomic E-state index is 0.130. The molecule has 1 amide bonds. The van der Waals surface area contributed by atoms with Crippen LogP contribution >= 0.6 is 0 Å². The van der Waals surface area contributed by atoms with Crippen molar-refractivity contribution in [2.75, 3.05) is 19.8 Å². The van der Waals surface area contributed by atoms with E-state index in [1.807, 2.05) is 0 Å². The molecule has 1 fully saturated rings. The fourth-order valence-electron chi connectivity index (χ4n) is 2.57. The monoisotopic (exact) mass is 256 g/mol. The van der Waals surface area contributed by atoms with Crippen molar-refractivity contribution < 1.29 is 9.53 Å². The standard InChI is InChI=1S/C14H28N2O2/c1-10(2)6-12(8-15)7-14(17)16-11(3)13-4-5-18-9-13/h10-13H,4-9,15H2,1-3H3,(H,16,17). The molecule has 0 aromatic heterocycles. The molecule has 4 heteroatoms. The summed E-state index contributed by atoms with van der Waals surface area (Å²) in [5.41, 5.74) is 5.72. The Morgan fingerprint density at radius 3 is 2.67 bits per heavy atom. The van der Waals surface area contributed by atoms with Crippen LogP contribution in [0.1, 0.15) is 40.0 Å². The van der Waals surface area contributed by atoms with Gasteiger partial charge in [0.25, 0.3) is 0 Å². The van der Waals surface area contributed by atoms with Crippen LogP contribution in [-0.4, -0.2) is 31.7 Å². The van der Waals surface area contributed by atoms with Crippen LogP contribution in [0, 0.1) is 17.8 Å². The first-order valence-corrected chi connectivity index (χ1v) is 7.10. The summed E-state index contributed by atoms with van der Waals surface area (Å²) in [7, 11) is 0. The summed E-state index contributed by atoms with van der Waals surface area (Å²) in [4.78, 5) is 12.0. The van der Waals surface area contributed by atoms with Crippen molar-refractivity contribution in [3.63, 3.8) is 0 Å². The van der Waals surface area contributed by atoms with E-state index in [2.05, 4.69) is 26.1 Å². The first kappa shape index (κ1) is 15.4. The van der Waals surface area contributed by atoms with Gasteiger partial charge < -0.3 is 15.8 Å². The van der Waals surface area contributed by atoms with E-state index in [0.29, 0.717) is 30.7 Å². The molecule has 1 saturated heterocycles. The van der Waals surface area contributed by atoms with Crippen molar-refractivity contribution in [2.45, 2.75) is 46.1 Å². The predicted molar refractivity (Wildman–Crippen MR) is 73.1 cm³/mol. The third-order valence-corrected chi connectivity index (χ3v) is 3.67. The van der Waals surface area contributed by atoms with Crippen molar-refractivity contribution >= 4 is 5.91 Å². The van der Waals surface area contributed by atoms with Gasteiger partial charge in [0.15, 0.2) is 0 Å². The van der Waals surface area contributed by atoms with Crippen molar-refractivity contribution in [1.29, 1.82) is 0 Å². The van der Waals surface area contributed by atoms with Crippen molar-refractivity contribution in [1.82, 2.24) is 5.32 Å². The number of hydrogen-bond donors (Lipinski definition) is 2. The average molecular weight is 256 g/mol. The van der Waals surface area contributed by atoms with E-state index in [9.17, 15) is 4.79 Å². The molecule has 1 aliphatic rings. The molecule has 0 bridgehead atoms. The highest BCUT2D eigenvalue weighted by atomic mass is 16.5. The number of ether oxygens (including phenoxy) is 1. The van der Waals surface area contributed by atoms with E-state index in [1.165, 1.54) is 0 Å². The summed E-state index contributed by atoms with van der Waals surface area (Å²) in [6, 6.07) is 0.206. The summed E-state index contributed by atoms with van der Waals surface area (Å²) >= 11 is 0. The van der Waals surface area contributed by atoms with E-state index in [4.69, 9.17) is 10.5 Å². The summed E-state index contributed by atoms with van der Waals surface area (Å²) in [6.45, 7) is 8.58. The van der Waals surface area contributed by atoms with Crippen LogP contribution in [-0.2, 0) is 9.53 Å². The van der Waals surface area contributed by atoms with Gasteiger partial charge in [-0.05, 0) is 38.1 Å². The number of nitrogens with one attached hydrogen (secondary N) is 1. The number of carbonyl (C=O) groups is 1. The molecule has 106 valence electrons. The van der Waals surface area contributed by atoms with Gasteiger partial charge >= 0.3 is 0 Å². The second kappa shape index (κ2) is 7.74. The highest BCUT2D eigenvalue weighted by Crippen LogP contribution is 2.18. The fraction of sp³-hybridized carbons (Fsp3) is 0.929.